The number of carbonyl (C=O) groups is 1. The Labute approximate surface area is 122 Å². The summed E-state index contributed by atoms with van der Waals surface area (Å²) in [7, 11) is 0. The molecule has 1 aromatic carbocycles. The van der Waals surface area contributed by atoms with Crippen molar-refractivity contribution >= 4 is 5.91 Å². The van der Waals surface area contributed by atoms with E-state index in [1.54, 1.807) is 0 Å². The topological polar surface area (TPSA) is 46.3 Å². The lowest BCUT2D eigenvalue weighted by Gasteiger charge is -2.37. The Morgan fingerprint density at radius 2 is 2.15 bits per heavy atom. The predicted molar refractivity (Wildman–Crippen MR) is 82.6 cm³/mol. The lowest BCUT2D eigenvalue weighted by Crippen LogP contribution is -2.48. The standard InChI is InChI=1S/C17H26N2O/c1-12-6-4-5-7-16(12)13(2)10-17(20)19-9-8-15(18)11-14(19)3/h4-7,13-15H,8-11,18H2,1-3H3/t13-,14+,15-/m1/s1. The maximum atomic E-state index is 12.5. The molecule has 3 atom stereocenters. The summed E-state index contributed by atoms with van der Waals surface area (Å²) in [5, 5.41) is 0. The van der Waals surface area contributed by atoms with Crippen LogP contribution in [-0.4, -0.2) is 29.4 Å². The summed E-state index contributed by atoms with van der Waals surface area (Å²) in [6, 6.07) is 8.85. The molecular weight excluding hydrogens is 248 g/mol. The zero-order valence-corrected chi connectivity index (χ0v) is 12.8. The molecule has 0 saturated carbocycles. The van der Waals surface area contributed by atoms with Crippen LogP contribution in [0.4, 0.5) is 0 Å². The molecule has 1 amide bonds. The smallest absolute Gasteiger partial charge is 0.223 e. The van der Waals surface area contributed by atoms with Gasteiger partial charge in [-0.05, 0) is 43.7 Å². The maximum Gasteiger partial charge on any atom is 0.223 e. The minimum Gasteiger partial charge on any atom is -0.340 e. The van der Waals surface area contributed by atoms with Crippen LogP contribution in [0.1, 0.15) is 50.2 Å². The third kappa shape index (κ3) is 3.40. The molecule has 0 radical (unpaired) electrons. The number of likely N-dealkylation sites (tertiary alicyclic amines) is 1. The van der Waals surface area contributed by atoms with E-state index in [0.717, 1.165) is 19.4 Å². The van der Waals surface area contributed by atoms with Crippen molar-refractivity contribution in [3.05, 3.63) is 35.4 Å². The van der Waals surface area contributed by atoms with Crippen LogP contribution >= 0.6 is 0 Å². The molecule has 1 saturated heterocycles. The molecule has 3 heteroatoms. The maximum absolute atomic E-state index is 12.5. The molecule has 0 unspecified atom stereocenters. The van der Waals surface area contributed by atoms with Crippen LogP contribution < -0.4 is 5.73 Å². The first-order valence-corrected chi connectivity index (χ1v) is 7.59. The minimum atomic E-state index is 0.253. The Morgan fingerprint density at radius 1 is 1.45 bits per heavy atom. The predicted octanol–water partition coefficient (Wildman–Crippen LogP) is 2.83. The van der Waals surface area contributed by atoms with E-state index in [2.05, 4.69) is 32.9 Å². The highest BCUT2D eigenvalue weighted by Crippen LogP contribution is 2.25. The van der Waals surface area contributed by atoms with Gasteiger partial charge in [-0.25, -0.2) is 0 Å². The Morgan fingerprint density at radius 3 is 2.80 bits per heavy atom. The van der Waals surface area contributed by atoms with Gasteiger partial charge < -0.3 is 10.6 Å². The van der Waals surface area contributed by atoms with E-state index in [1.165, 1.54) is 11.1 Å². The molecule has 1 aliphatic heterocycles. The molecule has 20 heavy (non-hydrogen) atoms. The average molecular weight is 274 g/mol. The first-order valence-electron chi connectivity index (χ1n) is 7.59. The fraction of sp³-hybridized carbons (Fsp3) is 0.588. The van der Waals surface area contributed by atoms with Gasteiger partial charge in [-0.1, -0.05) is 31.2 Å². The summed E-state index contributed by atoms with van der Waals surface area (Å²) in [6.07, 6.45) is 2.43. The highest BCUT2D eigenvalue weighted by molar-refractivity contribution is 5.77. The van der Waals surface area contributed by atoms with Gasteiger partial charge in [-0.2, -0.15) is 0 Å². The molecule has 1 aromatic rings. The van der Waals surface area contributed by atoms with E-state index >= 15 is 0 Å². The number of piperidine rings is 1. The minimum absolute atomic E-state index is 0.253. The monoisotopic (exact) mass is 274 g/mol. The van der Waals surface area contributed by atoms with Crippen molar-refractivity contribution in [3.63, 3.8) is 0 Å². The van der Waals surface area contributed by atoms with Gasteiger partial charge in [0.25, 0.3) is 0 Å². The number of hydrogen-bond donors (Lipinski definition) is 1. The number of rotatable bonds is 3. The Kier molecular flexibility index (Phi) is 4.81. The SMILES string of the molecule is Cc1ccccc1[C@H](C)CC(=O)N1CC[C@@H](N)C[C@@H]1C. The zero-order valence-electron chi connectivity index (χ0n) is 12.8. The second-order valence-corrected chi connectivity index (χ2v) is 6.18. The molecule has 2 rings (SSSR count). The number of amides is 1. The summed E-state index contributed by atoms with van der Waals surface area (Å²) in [6.45, 7) is 7.16. The summed E-state index contributed by atoms with van der Waals surface area (Å²) in [5.41, 5.74) is 8.51. The fourth-order valence-corrected chi connectivity index (χ4v) is 3.21. The van der Waals surface area contributed by atoms with Crippen LogP contribution in [0.15, 0.2) is 24.3 Å². The quantitative estimate of drug-likeness (QED) is 0.921. The van der Waals surface area contributed by atoms with Crippen molar-refractivity contribution in [2.24, 2.45) is 5.73 Å². The molecule has 1 fully saturated rings. The summed E-state index contributed by atoms with van der Waals surface area (Å²) in [4.78, 5) is 14.5. The van der Waals surface area contributed by atoms with Crippen LogP contribution in [-0.2, 0) is 4.79 Å². The third-order valence-electron chi connectivity index (χ3n) is 4.44. The van der Waals surface area contributed by atoms with Crippen molar-refractivity contribution in [2.45, 2.75) is 58.0 Å². The molecule has 2 N–H and O–H groups in total. The van der Waals surface area contributed by atoms with E-state index < -0.39 is 0 Å². The van der Waals surface area contributed by atoms with Crippen LogP contribution in [0.2, 0.25) is 0 Å². The number of hydrogen-bond acceptors (Lipinski definition) is 2. The highest BCUT2D eigenvalue weighted by atomic mass is 16.2. The van der Waals surface area contributed by atoms with Crippen molar-refractivity contribution in [2.75, 3.05) is 6.54 Å². The summed E-state index contributed by atoms with van der Waals surface area (Å²) >= 11 is 0. The zero-order chi connectivity index (χ0) is 14.7. The summed E-state index contributed by atoms with van der Waals surface area (Å²) in [5.74, 6) is 0.534. The van der Waals surface area contributed by atoms with Gasteiger partial charge >= 0.3 is 0 Å². The number of nitrogens with two attached hydrogens (primary N) is 1. The Balaban J connectivity index is 1.99. The summed E-state index contributed by atoms with van der Waals surface area (Å²) < 4.78 is 0. The molecule has 0 bridgehead atoms. The van der Waals surface area contributed by atoms with Crippen molar-refractivity contribution in [3.8, 4) is 0 Å². The van der Waals surface area contributed by atoms with Crippen molar-refractivity contribution in [1.29, 1.82) is 0 Å². The van der Waals surface area contributed by atoms with Gasteiger partial charge in [0.15, 0.2) is 0 Å². The van der Waals surface area contributed by atoms with E-state index in [4.69, 9.17) is 5.73 Å². The second kappa shape index (κ2) is 6.40. The Bertz CT molecular complexity index is 472. The number of benzene rings is 1. The van der Waals surface area contributed by atoms with Gasteiger partial charge in [0.1, 0.15) is 0 Å². The largest absolute Gasteiger partial charge is 0.340 e. The van der Waals surface area contributed by atoms with Gasteiger partial charge in [0.05, 0.1) is 0 Å². The number of nitrogens with zero attached hydrogens (tertiary/aromatic N) is 1. The lowest BCUT2D eigenvalue weighted by atomic mass is 9.92. The molecule has 1 heterocycles. The van der Waals surface area contributed by atoms with Crippen LogP contribution in [0.25, 0.3) is 0 Å². The van der Waals surface area contributed by atoms with Gasteiger partial charge in [0, 0.05) is 25.0 Å². The normalized spacial score (nSPS) is 24.5. The third-order valence-corrected chi connectivity index (χ3v) is 4.44. The van der Waals surface area contributed by atoms with Crippen LogP contribution in [0.5, 0.6) is 0 Å². The molecule has 0 spiro atoms. The van der Waals surface area contributed by atoms with Gasteiger partial charge in [-0.3, -0.25) is 4.79 Å². The molecule has 1 aliphatic rings. The highest BCUT2D eigenvalue weighted by Gasteiger charge is 2.27. The van der Waals surface area contributed by atoms with E-state index in [-0.39, 0.29) is 23.9 Å². The molecule has 110 valence electrons. The Hall–Kier alpha value is -1.35. The molecule has 0 aromatic heterocycles. The van der Waals surface area contributed by atoms with Crippen LogP contribution in [0, 0.1) is 6.92 Å². The van der Waals surface area contributed by atoms with Gasteiger partial charge in [0.2, 0.25) is 5.91 Å². The van der Waals surface area contributed by atoms with Crippen LogP contribution in [0.3, 0.4) is 0 Å². The number of carbonyl (C=O) groups excluding carboxylic acids is 1. The van der Waals surface area contributed by atoms with E-state index in [1.807, 2.05) is 17.0 Å². The molecule has 3 nitrogen and oxygen atoms in total. The second-order valence-electron chi connectivity index (χ2n) is 6.18. The molecular formula is C17H26N2O. The first-order chi connectivity index (χ1) is 9.49. The molecule has 0 aliphatic carbocycles. The van der Waals surface area contributed by atoms with E-state index in [0.29, 0.717) is 6.42 Å². The van der Waals surface area contributed by atoms with Crippen molar-refractivity contribution in [1.82, 2.24) is 4.90 Å². The first kappa shape index (κ1) is 15.0. The number of aryl methyl sites for hydroxylation is 1. The lowest BCUT2D eigenvalue weighted by molar-refractivity contribution is -0.134. The van der Waals surface area contributed by atoms with Gasteiger partial charge in [-0.15, -0.1) is 0 Å². The fourth-order valence-electron chi connectivity index (χ4n) is 3.21. The van der Waals surface area contributed by atoms with Crippen molar-refractivity contribution < 1.29 is 4.79 Å². The van der Waals surface area contributed by atoms with E-state index in [9.17, 15) is 4.79 Å². The average Bonchev–Trinajstić information content (AvgIpc) is 2.38.